The molecule has 4 unspecified atom stereocenters. The molecule has 0 aromatic rings. The maximum absolute atomic E-state index is 10.9. The highest BCUT2D eigenvalue weighted by atomic mass is 16.7. The fourth-order valence-corrected chi connectivity index (χ4v) is 4.05. The highest BCUT2D eigenvalue weighted by molar-refractivity contribution is 5.11. The minimum Gasteiger partial charge on any atom is -0.347 e. The van der Waals surface area contributed by atoms with E-state index in [0.29, 0.717) is 13.2 Å². The molecule has 0 bridgehead atoms. The van der Waals surface area contributed by atoms with E-state index in [1.807, 2.05) is 0 Å². The van der Waals surface area contributed by atoms with Crippen molar-refractivity contribution in [2.24, 2.45) is 11.8 Å². The highest BCUT2D eigenvalue weighted by Crippen LogP contribution is 2.55. The third-order valence-corrected chi connectivity index (χ3v) is 6.21. The zero-order valence-electron chi connectivity index (χ0n) is 13.2. The minimum absolute atomic E-state index is 0.118. The molecule has 19 heavy (non-hydrogen) atoms. The lowest BCUT2D eigenvalue weighted by molar-refractivity contribution is -0.374. The van der Waals surface area contributed by atoms with Crippen molar-refractivity contribution in [3.8, 4) is 0 Å². The molecule has 4 heteroatoms. The normalized spacial score (nSPS) is 46.9. The van der Waals surface area contributed by atoms with Crippen LogP contribution >= 0.6 is 0 Å². The van der Waals surface area contributed by atoms with Crippen LogP contribution in [0.2, 0.25) is 0 Å². The topological polar surface area (TPSA) is 41.9 Å². The Morgan fingerprint density at radius 1 is 1.00 bits per heavy atom. The summed E-state index contributed by atoms with van der Waals surface area (Å²) in [4.78, 5) is 0. The van der Waals surface area contributed by atoms with E-state index in [1.54, 1.807) is 5.06 Å². The largest absolute Gasteiger partial charge is 0.347 e. The minimum atomic E-state index is -0.561. The van der Waals surface area contributed by atoms with Crippen molar-refractivity contribution in [2.75, 3.05) is 13.2 Å². The molecule has 1 N–H and O–H groups in total. The zero-order chi connectivity index (χ0) is 14.5. The number of piperidine rings is 1. The Hall–Kier alpha value is -0.160. The third kappa shape index (κ3) is 1.73. The number of hydrogen-bond donors (Lipinski definition) is 1. The molecule has 2 saturated heterocycles. The van der Waals surface area contributed by atoms with Gasteiger partial charge in [-0.1, -0.05) is 27.7 Å². The van der Waals surface area contributed by atoms with Crippen molar-refractivity contribution in [1.29, 1.82) is 0 Å². The van der Waals surface area contributed by atoms with Crippen molar-refractivity contribution in [1.82, 2.24) is 5.06 Å². The molecule has 0 saturated carbocycles. The average molecular weight is 271 g/mol. The van der Waals surface area contributed by atoms with Crippen LogP contribution < -0.4 is 0 Å². The van der Waals surface area contributed by atoms with Crippen LogP contribution in [0.25, 0.3) is 0 Å². The summed E-state index contributed by atoms with van der Waals surface area (Å²) in [7, 11) is 0. The summed E-state index contributed by atoms with van der Waals surface area (Å²) in [6.45, 7) is 14.1. The number of hydrogen-bond acceptors (Lipinski definition) is 4. The number of hydroxylamine groups is 2. The Bertz CT molecular complexity index is 316. The maximum Gasteiger partial charge on any atom is 0.177 e. The van der Waals surface area contributed by atoms with E-state index in [0.717, 1.165) is 12.8 Å². The van der Waals surface area contributed by atoms with Crippen LogP contribution in [0.5, 0.6) is 0 Å². The molecule has 2 aliphatic rings. The monoisotopic (exact) mass is 271 g/mol. The molecular formula is C15H29NO3. The van der Waals surface area contributed by atoms with Gasteiger partial charge in [0.05, 0.1) is 24.3 Å². The Balaban J connectivity index is 2.52. The van der Waals surface area contributed by atoms with Crippen molar-refractivity contribution >= 4 is 0 Å². The lowest BCUT2D eigenvalue weighted by Gasteiger charge is -2.63. The molecule has 0 radical (unpaired) electrons. The summed E-state index contributed by atoms with van der Waals surface area (Å²) in [6.07, 6.45) is 1.73. The number of rotatable bonds is 2. The zero-order valence-corrected chi connectivity index (χ0v) is 13.2. The fraction of sp³-hybridized carbons (Fsp3) is 1.00. The molecule has 0 aliphatic carbocycles. The lowest BCUT2D eigenvalue weighted by atomic mass is 9.62. The van der Waals surface area contributed by atoms with E-state index in [4.69, 9.17) is 9.47 Å². The van der Waals surface area contributed by atoms with E-state index < -0.39 is 5.79 Å². The van der Waals surface area contributed by atoms with Gasteiger partial charge in [0.2, 0.25) is 0 Å². The Labute approximate surface area is 117 Å². The second-order valence-corrected chi connectivity index (χ2v) is 6.59. The predicted octanol–water partition coefficient (Wildman–Crippen LogP) is 3.04. The SMILES string of the molecule is CCC1(C)C(C)C2(OCCO2)C(C)C(C)(CC)N1O. The maximum atomic E-state index is 10.9. The average Bonchev–Trinajstić information content (AvgIpc) is 2.92. The van der Waals surface area contributed by atoms with Gasteiger partial charge < -0.3 is 14.7 Å². The predicted molar refractivity (Wildman–Crippen MR) is 74.0 cm³/mol. The van der Waals surface area contributed by atoms with E-state index in [1.165, 1.54) is 0 Å². The van der Waals surface area contributed by atoms with Crippen LogP contribution in [-0.2, 0) is 9.47 Å². The molecule has 112 valence electrons. The Morgan fingerprint density at radius 2 is 1.37 bits per heavy atom. The first-order chi connectivity index (χ1) is 8.79. The van der Waals surface area contributed by atoms with E-state index >= 15 is 0 Å². The molecule has 0 amide bonds. The highest BCUT2D eigenvalue weighted by Gasteiger charge is 2.66. The van der Waals surface area contributed by atoms with Crippen molar-refractivity contribution < 1.29 is 14.7 Å². The van der Waals surface area contributed by atoms with Gasteiger partial charge in [-0.25, -0.2) is 0 Å². The van der Waals surface area contributed by atoms with Crippen LogP contribution in [0.15, 0.2) is 0 Å². The lowest BCUT2D eigenvalue weighted by Crippen LogP contribution is -2.75. The Morgan fingerprint density at radius 3 is 1.68 bits per heavy atom. The Kier molecular flexibility index (Phi) is 3.76. The van der Waals surface area contributed by atoms with Crippen molar-refractivity contribution in [3.05, 3.63) is 0 Å². The van der Waals surface area contributed by atoms with Crippen LogP contribution in [0.4, 0.5) is 0 Å². The van der Waals surface area contributed by atoms with Crippen LogP contribution in [0.3, 0.4) is 0 Å². The first kappa shape index (κ1) is 15.2. The molecule has 4 nitrogen and oxygen atoms in total. The second-order valence-electron chi connectivity index (χ2n) is 6.59. The van der Waals surface area contributed by atoms with Gasteiger partial charge in [-0.3, -0.25) is 0 Å². The molecule has 2 rings (SSSR count). The summed E-state index contributed by atoms with van der Waals surface area (Å²) >= 11 is 0. The molecule has 4 atom stereocenters. The van der Waals surface area contributed by atoms with Crippen LogP contribution in [0, 0.1) is 11.8 Å². The molecule has 2 heterocycles. The van der Waals surface area contributed by atoms with Crippen molar-refractivity contribution in [2.45, 2.75) is 71.2 Å². The fourth-order valence-electron chi connectivity index (χ4n) is 4.05. The number of ether oxygens (including phenoxy) is 2. The van der Waals surface area contributed by atoms with Gasteiger partial charge in [-0.15, -0.1) is 0 Å². The molecule has 0 aromatic heterocycles. The van der Waals surface area contributed by atoms with Gasteiger partial charge >= 0.3 is 0 Å². The first-order valence-electron chi connectivity index (χ1n) is 7.56. The summed E-state index contributed by atoms with van der Waals surface area (Å²) in [5.41, 5.74) is -0.663. The second kappa shape index (κ2) is 4.69. The molecule has 2 aliphatic heterocycles. The first-order valence-corrected chi connectivity index (χ1v) is 7.56. The summed E-state index contributed by atoms with van der Waals surface area (Å²) in [6, 6.07) is 0. The smallest absolute Gasteiger partial charge is 0.177 e. The van der Waals surface area contributed by atoms with Gasteiger partial charge in [0, 0.05) is 11.8 Å². The van der Waals surface area contributed by atoms with E-state index in [9.17, 15) is 5.21 Å². The van der Waals surface area contributed by atoms with Crippen LogP contribution in [-0.4, -0.2) is 40.3 Å². The number of nitrogens with zero attached hydrogens (tertiary/aromatic N) is 1. The van der Waals surface area contributed by atoms with Gasteiger partial charge in [0.15, 0.2) is 5.79 Å². The molecular weight excluding hydrogens is 242 g/mol. The van der Waals surface area contributed by atoms with Gasteiger partial charge in [-0.05, 0) is 26.7 Å². The summed E-state index contributed by atoms with van der Waals surface area (Å²) in [5.74, 6) is -0.325. The molecule has 0 aromatic carbocycles. The van der Waals surface area contributed by atoms with Crippen molar-refractivity contribution in [3.63, 3.8) is 0 Å². The standard InChI is InChI=1S/C15H29NO3/c1-7-13(5)11(3)15(18-9-10-19-15)12(4)14(6,8-2)16(13)17/h11-12,17H,7-10H2,1-6H3. The van der Waals surface area contributed by atoms with E-state index in [-0.39, 0.29) is 22.9 Å². The summed E-state index contributed by atoms with van der Waals surface area (Å²) < 4.78 is 12.2. The van der Waals surface area contributed by atoms with Crippen LogP contribution in [0.1, 0.15) is 54.4 Å². The van der Waals surface area contributed by atoms with Gasteiger partial charge in [0.25, 0.3) is 0 Å². The van der Waals surface area contributed by atoms with E-state index in [2.05, 4.69) is 41.5 Å². The third-order valence-electron chi connectivity index (χ3n) is 6.21. The molecule has 2 fully saturated rings. The van der Waals surface area contributed by atoms with Gasteiger partial charge in [0.1, 0.15) is 0 Å². The molecule has 1 spiro atoms. The summed E-state index contributed by atoms with van der Waals surface area (Å²) in [5, 5.41) is 12.4. The quantitative estimate of drug-likeness (QED) is 0.838. The van der Waals surface area contributed by atoms with Gasteiger partial charge in [-0.2, -0.15) is 5.06 Å².